The van der Waals surface area contributed by atoms with Gasteiger partial charge < -0.3 is 10.2 Å². The highest BCUT2D eigenvalue weighted by molar-refractivity contribution is 5.89. The number of carbonyl (C=O) groups excluding carboxylic acids is 1. The number of aromatic nitrogens is 1. The van der Waals surface area contributed by atoms with Crippen LogP contribution in [0.1, 0.15) is 37.7 Å². The highest BCUT2D eigenvalue weighted by atomic mass is 16.2. The van der Waals surface area contributed by atoms with E-state index in [0.29, 0.717) is 6.04 Å². The molecule has 2 aromatic rings. The van der Waals surface area contributed by atoms with Crippen LogP contribution in [0.4, 0.5) is 10.5 Å². The van der Waals surface area contributed by atoms with E-state index in [1.165, 1.54) is 24.8 Å². The average Bonchev–Trinajstić information content (AvgIpc) is 2.64. The summed E-state index contributed by atoms with van der Waals surface area (Å²) < 4.78 is 0. The van der Waals surface area contributed by atoms with Crippen LogP contribution in [0.2, 0.25) is 0 Å². The zero-order valence-electron chi connectivity index (χ0n) is 14.0. The van der Waals surface area contributed by atoms with Crippen molar-refractivity contribution in [3.8, 4) is 0 Å². The van der Waals surface area contributed by atoms with Gasteiger partial charge >= 0.3 is 6.03 Å². The lowest BCUT2D eigenvalue weighted by Gasteiger charge is -2.34. The van der Waals surface area contributed by atoms with Gasteiger partial charge in [0.25, 0.3) is 0 Å². The molecule has 1 aliphatic carbocycles. The fourth-order valence-corrected chi connectivity index (χ4v) is 3.36. The lowest BCUT2D eigenvalue weighted by atomic mass is 9.94. The van der Waals surface area contributed by atoms with Crippen molar-refractivity contribution in [3.63, 3.8) is 0 Å². The van der Waals surface area contributed by atoms with Crippen molar-refractivity contribution < 1.29 is 4.79 Å². The minimum atomic E-state index is 0.0159. The number of nitrogens with one attached hydrogen (secondary N) is 1. The van der Waals surface area contributed by atoms with E-state index in [-0.39, 0.29) is 6.03 Å². The van der Waals surface area contributed by atoms with Crippen LogP contribution in [0.15, 0.2) is 54.9 Å². The molecule has 4 nitrogen and oxygen atoms in total. The highest BCUT2D eigenvalue weighted by Gasteiger charge is 2.25. The molecule has 1 fully saturated rings. The van der Waals surface area contributed by atoms with Crippen molar-refractivity contribution in [1.82, 2.24) is 9.88 Å². The third-order valence-electron chi connectivity index (χ3n) is 4.69. The molecule has 1 heterocycles. The molecule has 1 N–H and O–H groups in total. The summed E-state index contributed by atoms with van der Waals surface area (Å²) >= 11 is 0. The summed E-state index contributed by atoms with van der Waals surface area (Å²) in [6.07, 6.45) is 10.4. The molecule has 1 saturated carbocycles. The van der Waals surface area contributed by atoms with Crippen molar-refractivity contribution in [2.24, 2.45) is 0 Å². The molecule has 0 atom stereocenters. The molecule has 3 rings (SSSR count). The molecular weight excluding hydrogens is 298 g/mol. The number of para-hydroxylation sites is 1. The standard InChI is InChI=1S/C20H25N3O/c24-20(22-18-7-3-1-4-8-18)23(19-9-5-2-6-10-19)16-13-17-11-14-21-15-12-17/h1,3-4,7-8,11-12,14-15,19H,2,5-6,9-10,13,16H2,(H,22,24). The molecule has 4 heteroatoms. The molecule has 0 radical (unpaired) electrons. The lowest BCUT2D eigenvalue weighted by molar-refractivity contribution is 0.168. The SMILES string of the molecule is O=C(Nc1ccccc1)N(CCc1ccncc1)C1CCCCC1. The maximum absolute atomic E-state index is 12.8. The number of nitrogens with zero attached hydrogens (tertiary/aromatic N) is 2. The monoisotopic (exact) mass is 323 g/mol. The van der Waals surface area contributed by atoms with E-state index in [1.807, 2.05) is 59.8 Å². The van der Waals surface area contributed by atoms with Gasteiger partial charge in [0.15, 0.2) is 0 Å². The van der Waals surface area contributed by atoms with Gasteiger partial charge in [-0.3, -0.25) is 4.98 Å². The summed E-state index contributed by atoms with van der Waals surface area (Å²) in [7, 11) is 0. The maximum atomic E-state index is 12.8. The maximum Gasteiger partial charge on any atom is 0.322 e. The lowest BCUT2D eigenvalue weighted by Crippen LogP contribution is -2.45. The van der Waals surface area contributed by atoms with Crippen LogP contribution < -0.4 is 5.32 Å². The minimum Gasteiger partial charge on any atom is -0.321 e. The quantitative estimate of drug-likeness (QED) is 0.881. The van der Waals surface area contributed by atoms with E-state index >= 15 is 0 Å². The second-order valence-electron chi connectivity index (χ2n) is 6.39. The highest BCUT2D eigenvalue weighted by Crippen LogP contribution is 2.23. The van der Waals surface area contributed by atoms with Crippen molar-refractivity contribution >= 4 is 11.7 Å². The Morgan fingerprint density at radius 1 is 1.04 bits per heavy atom. The zero-order valence-corrected chi connectivity index (χ0v) is 14.0. The Balaban J connectivity index is 1.67. The van der Waals surface area contributed by atoms with Crippen LogP contribution in [0, 0.1) is 0 Å². The summed E-state index contributed by atoms with van der Waals surface area (Å²) in [5.41, 5.74) is 2.07. The molecule has 0 bridgehead atoms. The number of amides is 2. The van der Waals surface area contributed by atoms with E-state index < -0.39 is 0 Å². The zero-order chi connectivity index (χ0) is 16.6. The molecule has 24 heavy (non-hydrogen) atoms. The molecule has 0 spiro atoms. The minimum absolute atomic E-state index is 0.0159. The van der Waals surface area contributed by atoms with Crippen molar-refractivity contribution in [2.75, 3.05) is 11.9 Å². The van der Waals surface area contributed by atoms with Gasteiger partial charge in [-0.05, 0) is 49.1 Å². The van der Waals surface area contributed by atoms with Crippen molar-refractivity contribution in [3.05, 3.63) is 60.4 Å². The fourth-order valence-electron chi connectivity index (χ4n) is 3.36. The first-order chi connectivity index (χ1) is 11.8. The van der Waals surface area contributed by atoms with Crippen LogP contribution in [0.3, 0.4) is 0 Å². The number of hydrogen-bond donors (Lipinski definition) is 1. The van der Waals surface area contributed by atoms with Crippen LogP contribution in [0.25, 0.3) is 0 Å². The first-order valence-electron chi connectivity index (χ1n) is 8.84. The molecule has 1 aromatic carbocycles. The first kappa shape index (κ1) is 16.5. The van der Waals surface area contributed by atoms with Gasteiger partial charge in [-0.2, -0.15) is 0 Å². The Morgan fingerprint density at radius 3 is 2.46 bits per heavy atom. The summed E-state index contributed by atoms with van der Waals surface area (Å²) in [5, 5.41) is 3.05. The third-order valence-corrected chi connectivity index (χ3v) is 4.69. The largest absolute Gasteiger partial charge is 0.322 e. The Kier molecular flexibility index (Phi) is 5.83. The molecule has 0 aliphatic heterocycles. The average molecular weight is 323 g/mol. The Bertz CT molecular complexity index is 624. The van der Waals surface area contributed by atoms with Crippen LogP contribution >= 0.6 is 0 Å². The van der Waals surface area contributed by atoms with E-state index in [4.69, 9.17) is 0 Å². The number of rotatable bonds is 5. The molecule has 0 saturated heterocycles. The molecular formula is C20H25N3O. The molecule has 126 valence electrons. The number of carbonyl (C=O) groups is 1. The van der Waals surface area contributed by atoms with Crippen molar-refractivity contribution in [2.45, 2.75) is 44.6 Å². The summed E-state index contributed by atoms with van der Waals surface area (Å²) in [6.45, 7) is 0.743. The topological polar surface area (TPSA) is 45.2 Å². The second kappa shape index (κ2) is 8.48. The second-order valence-corrected chi connectivity index (χ2v) is 6.39. The van der Waals surface area contributed by atoms with Gasteiger partial charge in [0, 0.05) is 30.7 Å². The van der Waals surface area contributed by atoms with Crippen LogP contribution in [-0.4, -0.2) is 28.5 Å². The fraction of sp³-hybridized carbons (Fsp3) is 0.400. The Hall–Kier alpha value is -2.36. The van der Waals surface area contributed by atoms with Crippen LogP contribution in [0.5, 0.6) is 0 Å². The number of anilines is 1. The molecule has 2 amide bonds. The summed E-state index contributed by atoms with van der Waals surface area (Å²) in [5.74, 6) is 0. The van der Waals surface area contributed by atoms with Crippen LogP contribution in [-0.2, 0) is 6.42 Å². The van der Waals surface area contributed by atoms with Gasteiger partial charge in [0.2, 0.25) is 0 Å². The predicted molar refractivity (Wildman–Crippen MR) is 97.0 cm³/mol. The molecule has 1 aromatic heterocycles. The predicted octanol–water partition coefficient (Wildman–Crippen LogP) is 4.49. The smallest absolute Gasteiger partial charge is 0.321 e. The van der Waals surface area contributed by atoms with Crippen molar-refractivity contribution in [1.29, 1.82) is 0 Å². The number of benzene rings is 1. The molecule has 1 aliphatic rings. The molecule has 0 unspecified atom stereocenters. The Morgan fingerprint density at radius 2 is 1.75 bits per heavy atom. The van der Waals surface area contributed by atoms with E-state index in [0.717, 1.165) is 31.5 Å². The van der Waals surface area contributed by atoms with E-state index in [1.54, 1.807) is 0 Å². The van der Waals surface area contributed by atoms with Gasteiger partial charge in [-0.25, -0.2) is 4.79 Å². The van der Waals surface area contributed by atoms with E-state index in [2.05, 4.69) is 10.3 Å². The third kappa shape index (κ3) is 4.57. The van der Waals surface area contributed by atoms with Gasteiger partial charge in [0.05, 0.1) is 0 Å². The summed E-state index contributed by atoms with van der Waals surface area (Å²) in [4.78, 5) is 18.9. The Labute approximate surface area is 143 Å². The van der Waals surface area contributed by atoms with E-state index in [9.17, 15) is 4.79 Å². The van der Waals surface area contributed by atoms with Gasteiger partial charge in [0.1, 0.15) is 0 Å². The first-order valence-corrected chi connectivity index (χ1v) is 8.84. The number of urea groups is 1. The number of hydrogen-bond acceptors (Lipinski definition) is 2. The van der Waals surface area contributed by atoms with Gasteiger partial charge in [-0.1, -0.05) is 37.5 Å². The summed E-state index contributed by atoms with van der Waals surface area (Å²) in [6, 6.07) is 14.1. The normalized spacial score (nSPS) is 15.0. The number of pyridine rings is 1. The van der Waals surface area contributed by atoms with Gasteiger partial charge in [-0.15, -0.1) is 0 Å².